The number of furan rings is 1. The van der Waals surface area contributed by atoms with Gasteiger partial charge >= 0.3 is 6.18 Å². The first-order chi connectivity index (χ1) is 20.8. The van der Waals surface area contributed by atoms with Gasteiger partial charge in [0.1, 0.15) is 0 Å². The highest BCUT2D eigenvalue weighted by Crippen LogP contribution is 2.61. The minimum absolute atomic E-state index is 0.0216. The van der Waals surface area contributed by atoms with Gasteiger partial charge in [-0.1, -0.05) is 12.1 Å². The summed E-state index contributed by atoms with van der Waals surface area (Å²) in [7, 11) is -3.07. The molecule has 2 aromatic carbocycles. The average molecular weight is 633 g/mol. The largest absolute Gasteiger partial charge is 0.504 e. The number of hydrogen-bond donors (Lipinski definition) is 3. The Morgan fingerprint density at radius 2 is 2.00 bits per heavy atom. The summed E-state index contributed by atoms with van der Waals surface area (Å²) in [5, 5.41) is 26.9. The van der Waals surface area contributed by atoms with Gasteiger partial charge in [0.05, 0.1) is 41.7 Å². The molecule has 1 amide bonds. The Hall–Kier alpha value is -3.81. The third-order valence-electron chi connectivity index (χ3n) is 9.38. The summed E-state index contributed by atoms with van der Waals surface area (Å²) >= 11 is 0. The Balaban J connectivity index is 1.39. The number of amides is 1. The lowest BCUT2D eigenvalue weighted by Crippen LogP contribution is -2.74. The zero-order valence-electron chi connectivity index (χ0n) is 23.7. The summed E-state index contributed by atoms with van der Waals surface area (Å²) in [6.07, 6.45) is 1.82. The number of halogens is 3. The van der Waals surface area contributed by atoms with Crippen LogP contribution in [-0.2, 0) is 32.8 Å². The van der Waals surface area contributed by atoms with Gasteiger partial charge in [-0.2, -0.15) is 17.5 Å². The van der Waals surface area contributed by atoms with Gasteiger partial charge in [0.25, 0.3) is 0 Å². The van der Waals surface area contributed by atoms with Crippen LogP contribution in [-0.4, -0.2) is 60.2 Å². The molecule has 0 spiro atoms. The van der Waals surface area contributed by atoms with Crippen molar-refractivity contribution in [1.82, 2.24) is 9.62 Å². The third-order valence-corrected chi connectivity index (χ3v) is 11.3. The van der Waals surface area contributed by atoms with E-state index < -0.39 is 49.8 Å². The number of benzene rings is 2. The van der Waals surface area contributed by atoms with Crippen LogP contribution in [0, 0.1) is 0 Å². The molecule has 4 atom stereocenters. The molecule has 3 aliphatic rings. The molecule has 13 heteroatoms. The van der Waals surface area contributed by atoms with E-state index in [1.807, 2.05) is 0 Å². The number of phenols is 1. The Morgan fingerprint density at radius 3 is 2.70 bits per heavy atom. The standard InChI is InChI=1S/C31H31F3N2O7S/c1-42-24-7-6-20-15-25-30(39)11-9-22(35-26(37)8-5-19-10-14-43-18-19)17-29(30,27(20)28(24)38)12-13-36(25)44(40,41)23-4-2-3-21(16-23)31(32,33)34/h2-8,10,14,16,18,22,25,38-39H,9,11-13,15,17H2,1H3,(H,35,37)/b8-5+. The SMILES string of the molecule is COc1ccc2c(c1O)C13CCN(S(=O)(=O)c4cccc(C(F)(F)F)c4)C(C2)C1(O)CCC(NC(=O)/C=C/c1ccoc1)C3. The fraction of sp³-hybridized carbons (Fsp3) is 0.387. The summed E-state index contributed by atoms with van der Waals surface area (Å²) in [5.41, 5.74) is -2.24. The highest BCUT2D eigenvalue weighted by atomic mass is 32.2. The van der Waals surface area contributed by atoms with Crippen molar-refractivity contribution < 1.29 is 45.8 Å². The van der Waals surface area contributed by atoms with Gasteiger partial charge in [0.2, 0.25) is 15.9 Å². The first kappa shape index (κ1) is 30.2. The number of phenolic OH excluding ortho intramolecular Hbond substituents is 1. The monoisotopic (exact) mass is 632 g/mol. The number of rotatable bonds is 6. The van der Waals surface area contributed by atoms with Crippen LogP contribution >= 0.6 is 0 Å². The Labute approximate surface area is 252 Å². The second-order valence-corrected chi connectivity index (χ2v) is 13.5. The molecule has 1 aromatic heterocycles. The quantitative estimate of drug-likeness (QED) is 0.344. The van der Waals surface area contributed by atoms with Crippen molar-refractivity contribution in [2.45, 2.75) is 66.3 Å². The zero-order valence-corrected chi connectivity index (χ0v) is 24.5. The van der Waals surface area contributed by atoms with Crippen LogP contribution in [0.4, 0.5) is 13.2 Å². The molecule has 3 N–H and O–H groups in total. The number of alkyl halides is 3. The highest BCUT2D eigenvalue weighted by Gasteiger charge is 2.67. The maximum atomic E-state index is 13.9. The van der Waals surface area contributed by atoms with Crippen molar-refractivity contribution in [2.24, 2.45) is 0 Å². The molecule has 4 unspecified atom stereocenters. The zero-order chi connectivity index (χ0) is 31.5. The van der Waals surface area contributed by atoms with Gasteiger partial charge in [-0.15, -0.1) is 0 Å². The Morgan fingerprint density at radius 1 is 1.20 bits per heavy atom. The molecule has 9 nitrogen and oxygen atoms in total. The maximum absolute atomic E-state index is 13.9. The summed E-state index contributed by atoms with van der Waals surface area (Å²) < 4.78 is 79.8. The fourth-order valence-corrected chi connectivity index (χ4v) is 9.12. The van der Waals surface area contributed by atoms with Gasteiger partial charge in [0, 0.05) is 35.2 Å². The van der Waals surface area contributed by atoms with E-state index >= 15 is 0 Å². The Kier molecular flexibility index (Phi) is 7.33. The predicted molar refractivity (Wildman–Crippen MR) is 152 cm³/mol. The van der Waals surface area contributed by atoms with E-state index in [0.29, 0.717) is 29.2 Å². The number of ether oxygens (including phenoxy) is 1. The smallest absolute Gasteiger partial charge is 0.416 e. The molecule has 1 saturated heterocycles. The van der Waals surface area contributed by atoms with Gasteiger partial charge in [-0.25, -0.2) is 8.42 Å². The number of nitrogens with one attached hydrogen (secondary N) is 1. The summed E-state index contributed by atoms with van der Waals surface area (Å²) in [6, 6.07) is 7.08. The van der Waals surface area contributed by atoms with E-state index in [-0.39, 0.29) is 49.6 Å². The van der Waals surface area contributed by atoms with Gasteiger partial charge < -0.3 is 24.7 Å². The van der Waals surface area contributed by atoms with Gasteiger partial charge in [0.15, 0.2) is 11.5 Å². The number of hydrogen-bond acceptors (Lipinski definition) is 7. The number of carbonyl (C=O) groups is 1. The number of piperidine rings is 1. The molecule has 0 radical (unpaired) electrons. The first-order valence-electron chi connectivity index (χ1n) is 14.1. The van der Waals surface area contributed by atoms with Crippen molar-refractivity contribution in [2.75, 3.05) is 13.7 Å². The topological polar surface area (TPSA) is 129 Å². The minimum atomic E-state index is -4.74. The summed E-state index contributed by atoms with van der Waals surface area (Å²) in [5.74, 6) is -0.347. The second-order valence-electron chi connectivity index (χ2n) is 11.6. The Bertz CT molecular complexity index is 1720. The highest BCUT2D eigenvalue weighted by molar-refractivity contribution is 7.89. The van der Waals surface area contributed by atoms with Crippen molar-refractivity contribution >= 4 is 22.0 Å². The van der Waals surface area contributed by atoms with E-state index in [4.69, 9.17) is 9.15 Å². The van der Waals surface area contributed by atoms with E-state index in [0.717, 1.165) is 22.5 Å². The summed E-state index contributed by atoms with van der Waals surface area (Å²) in [6.45, 7) is -0.122. The van der Waals surface area contributed by atoms with Gasteiger partial charge in [-0.3, -0.25) is 4.79 Å². The summed E-state index contributed by atoms with van der Waals surface area (Å²) in [4.78, 5) is 12.3. The normalized spacial score (nSPS) is 27.0. The molecule has 2 heterocycles. The second kappa shape index (κ2) is 10.7. The van der Waals surface area contributed by atoms with E-state index in [1.54, 1.807) is 24.3 Å². The van der Waals surface area contributed by atoms with Crippen LogP contribution in [0.2, 0.25) is 0 Å². The van der Waals surface area contributed by atoms with Crippen molar-refractivity contribution in [3.8, 4) is 11.5 Å². The molecule has 2 aliphatic carbocycles. The maximum Gasteiger partial charge on any atom is 0.416 e. The van der Waals surface area contributed by atoms with Crippen LogP contribution in [0.15, 0.2) is 70.4 Å². The van der Waals surface area contributed by atoms with Crippen LogP contribution < -0.4 is 10.1 Å². The van der Waals surface area contributed by atoms with Crippen molar-refractivity contribution in [3.63, 3.8) is 0 Å². The molecule has 1 aliphatic heterocycles. The van der Waals surface area contributed by atoms with Crippen LogP contribution in [0.25, 0.3) is 6.08 Å². The van der Waals surface area contributed by atoms with Crippen LogP contribution in [0.5, 0.6) is 11.5 Å². The molecule has 44 heavy (non-hydrogen) atoms. The number of aromatic hydroxyl groups is 1. The number of carbonyl (C=O) groups excluding carboxylic acids is 1. The van der Waals surface area contributed by atoms with Gasteiger partial charge in [-0.05, 0) is 74.1 Å². The van der Waals surface area contributed by atoms with E-state index in [1.165, 1.54) is 25.7 Å². The fourth-order valence-electron chi connectivity index (χ4n) is 7.41. The van der Waals surface area contributed by atoms with E-state index in [9.17, 15) is 36.6 Å². The third kappa shape index (κ3) is 4.77. The molecular weight excluding hydrogens is 601 g/mol. The average Bonchev–Trinajstić information content (AvgIpc) is 3.50. The molecule has 6 rings (SSSR count). The minimum Gasteiger partial charge on any atom is -0.504 e. The van der Waals surface area contributed by atoms with Crippen LogP contribution in [0.3, 0.4) is 0 Å². The molecule has 2 bridgehead atoms. The molecule has 234 valence electrons. The van der Waals surface area contributed by atoms with Crippen LogP contribution in [0.1, 0.15) is 47.9 Å². The predicted octanol–water partition coefficient (Wildman–Crippen LogP) is 4.38. The van der Waals surface area contributed by atoms with Crippen molar-refractivity contribution in [1.29, 1.82) is 0 Å². The number of fused-ring (bicyclic) bond motifs is 1. The molecule has 3 aromatic rings. The van der Waals surface area contributed by atoms with E-state index in [2.05, 4.69) is 5.32 Å². The van der Waals surface area contributed by atoms with Crippen molar-refractivity contribution in [3.05, 3.63) is 83.3 Å². The number of methoxy groups -OCH3 is 1. The molecule has 2 fully saturated rings. The lowest BCUT2D eigenvalue weighted by Gasteiger charge is -2.64. The first-order valence-corrected chi connectivity index (χ1v) is 15.6. The number of nitrogens with zero attached hydrogens (tertiary/aromatic N) is 1. The molecule has 1 saturated carbocycles. The number of aliphatic hydroxyl groups is 1. The lowest BCUT2D eigenvalue weighted by molar-refractivity contribution is -0.154. The number of sulfonamides is 1. The lowest BCUT2D eigenvalue weighted by atomic mass is 9.49. The molecular formula is C31H31F3N2O7S.